The molecule has 1 aliphatic rings. The third-order valence-corrected chi connectivity index (χ3v) is 4.62. The Morgan fingerprint density at radius 3 is 2.29 bits per heavy atom. The number of hydrogen-bond acceptors (Lipinski definition) is 1. The van der Waals surface area contributed by atoms with Crippen LogP contribution in [0, 0.1) is 11.3 Å². The molecule has 0 aromatic rings. The Kier molecular flexibility index (Phi) is 6.54. The van der Waals surface area contributed by atoms with Crippen molar-refractivity contribution in [1.82, 2.24) is 5.32 Å². The molecule has 102 valence electrons. The van der Waals surface area contributed by atoms with Gasteiger partial charge in [-0.15, -0.1) is 0 Å². The van der Waals surface area contributed by atoms with Gasteiger partial charge in [-0.2, -0.15) is 0 Å². The SMILES string of the molecule is CCCCCCCC(C)(CNC1CC1)C(C)C. The molecule has 1 rings (SSSR count). The van der Waals surface area contributed by atoms with Gasteiger partial charge in [0.25, 0.3) is 0 Å². The van der Waals surface area contributed by atoms with Gasteiger partial charge >= 0.3 is 0 Å². The summed E-state index contributed by atoms with van der Waals surface area (Å²) in [5, 5.41) is 3.73. The van der Waals surface area contributed by atoms with Crippen molar-refractivity contribution < 1.29 is 0 Å². The Morgan fingerprint density at radius 2 is 1.76 bits per heavy atom. The van der Waals surface area contributed by atoms with E-state index in [1.807, 2.05) is 0 Å². The van der Waals surface area contributed by atoms with Gasteiger partial charge in [-0.05, 0) is 30.6 Å². The zero-order valence-electron chi connectivity index (χ0n) is 12.5. The van der Waals surface area contributed by atoms with Crippen LogP contribution in [0.15, 0.2) is 0 Å². The van der Waals surface area contributed by atoms with Crippen LogP contribution < -0.4 is 5.32 Å². The maximum absolute atomic E-state index is 3.73. The lowest BCUT2D eigenvalue weighted by atomic mass is 9.75. The molecule has 0 spiro atoms. The van der Waals surface area contributed by atoms with Gasteiger partial charge in [0.2, 0.25) is 0 Å². The fraction of sp³-hybridized carbons (Fsp3) is 1.00. The van der Waals surface area contributed by atoms with Crippen molar-refractivity contribution in [3.05, 3.63) is 0 Å². The molecule has 0 aromatic heterocycles. The van der Waals surface area contributed by atoms with Crippen LogP contribution in [0.5, 0.6) is 0 Å². The van der Waals surface area contributed by atoms with E-state index in [-0.39, 0.29) is 0 Å². The second-order valence-corrected chi connectivity index (χ2v) is 6.63. The van der Waals surface area contributed by atoms with Crippen molar-refractivity contribution in [2.45, 2.75) is 85.1 Å². The normalized spacial score (nSPS) is 19.6. The van der Waals surface area contributed by atoms with Gasteiger partial charge in [0.05, 0.1) is 0 Å². The number of rotatable bonds is 10. The Labute approximate surface area is 109 Å². The lowest BCUT2D eigenvalue weighted by Crippen LogP contribution is -2.37. The minimum atomic E-state index is 0.509. The Hall–Kier alpha value is -0.0400. The number of unbranched alkanes of at least 4 members (excludes halogenated alkanes) is 4. The first kappa shape index (κ1) is 15.0. The second kappa shape index (κ2) is 7.41. The quantitative estimate of drug-likeness (QED) is 0.542. The monoisotopic (exact) mass is 239 g/mol. The van der Waals surface area contributed by atoms with Gasteiger partial charge in [-0.1, -0.05) is 59.8 Å². The highest BCUT2D eigenvalue weighted by Crippen LogP contribution is 2.33. The lowest BCUT2D eigenvalue weighted by Gasteiger charge is -2.34. The van der Waals surface area contributed by atoms with Crippen LogP contribution in [0.2, 0.25) is 0 Å². The molecule has 1 saturated carbocycles. The fourth-order valence-corrected chi connectivity index (χ4v) is 2.38. The summed E-state index contributed by atoms with van der Waals surface area (Å²) in [6, 6.07) is 0.855. The van der Waals surface area contributed by atoms with Gasteiger partial charge in [0.15, 0.2) is 0 Å². The molecule has 0 aromatic carbocycles. The Morgan fingerprint density at radius 1 is 1.12 bits per heavy atom. The average Bonchev–Trinajstić information content (AvgIpc) is 3.10. The second-order valence-electron chi connectivity index (χ2n) is 6.63. The average molecular weight is 239 g/mol. The minimum absolute atomic E-state index is 0.509. The van der Waals surface area contributed by atoms with Crippen LogP contribution in [0.25, 0.3) is 0 Å². The molecule has 1 N–H and O–H groups in total. The van der Waals surface area contributed by atoms with Crippen LogP contribution in [-0.4, -0.2) is 12.6 Å². The van der Waals surface area contributed by atoms with Crippen LogP contribution in [0.4, 0.5) is 0 Å². The summed E-state index contributed by atoms with van der Waals surface area (Å²) in [5.74, 6) is 0.792. The van der Waals surface area contributed by atoms with E-state index in [4.69, 9.17) is 0 Å². The number of nitrogens with one attached hydrogen (secondary N) is 1. The predicted octanol–water partition coefficient (Wildman–Crippen LogP) is 4.76. The highest BCUT2D eigenvalue weighted by atomic mass is 15.0. The Balaban J connectivity index is 2.19. The maximum Gasteiger partial charge on any atom is 0.00684 e. The first-order chi connectivity index (χ1) is 8.08. The summed E-state index contributed by atoms with van der Waals surface area (Å²) in [6.45, 7) is 10.8. The zero-order valence-corrected chi connectivity index (χ0v) is 12.5. The standard InChI is InChI=1S/C16H33N/c1-5-6-7-8-9-12-16(4,14(2)3)13-17-15-10-11-15/h14-15,17H,5-13H2,1-4H3. The van der Waals surface area contributed by atoms with E-state index in [1.54, 1.807) is 0 Å². The molecule has 1 unspecified atom stereocenters. The van der Waals surface area contributed by atoms with Gasteiger partial charge < -0.3 is 5.32 Å². The van der Waals surface area contributed by atoms with E-state index >= 15 is 0 Å². The summed E-state index contributed by atoms with van der Waals surface area (Å²) in [6.07, 6.45) is 11.3. The summed E-state index contributed by atoms with van der Waals surface area (Å²) < 4.78 is 0. The largest absolute Gasteiger partial charge is 0.313 e. The fourth-order valence-electron chi connectivity index (χ4n) is 2.38. The molecular formula is C16H33N. The van der Waals surface area contributed by atoms with Crippen LogP contribution in [0.3, 0.4) is 0 Å². The molecule has 0 bridgehead atoms. The van der Waals surface area contributed by atoms with Gasteiger partial charge in [-0.25, -0.2) is 0 Å². The van der Waals surface area contributed by atoms with Crippen molar-refractivity contribution >= 4 is 0 Å². The third-order valence-electron chi connectivity index (χ3n) is 4.62. The molecule has 1 heteroatoms. The first-order valence-electron chi connectivity index (χ1n) is 7.82. The summed E-state index contributed by atoms with van der Waals surface area (Å²) in [4.78, 5) is 0. The summed E-state index contributed by atoms with van der Waals surface area (Å²) in [7, 11) is 0. The molecule has 0 heterocycles. The topological polar surface area (TPSA) is 12.0 Å². The van der Waals surface area contributed by atoms with E-state index in [0.29, 0.717) is 5.41 Å². The smallest absolute Gasteiger partial charge is 0.00684 e. The highest BCUT2D eigenvalue weighted by Gasteiger charge is 2.30. The van der Waals surface area contributed by atoms with Gasteiger partial charge in [0, 0.05) is 12.6 Å². The number of hydrogen-bond donors (Lipinski definition) is 1. The minimum Gasteiger partial charge on any atom is -0.313 e. The Bertz CT molecular complexity index is 196. The predicted molar refractivity (Wildman–Crippen MR) is 77.3 cm³/mol. The molecule has 1 aliphatic carbocycles. The molecular weight excluding hydrogens is 206 g/mol. The first-order valence-corrected chi connectivity index (χ1v) is 7.82. The van der Waals surface area contributed by atoms with Crippen molar-refractivity contribution in [2.24, 2.45) is 11.3 Å². The van der Waals surface area contributed by atoms with Crippen molar-refractivity contribution in [2.75, 3.05) is 6.54 Å². The highest BCUT2D eigenvalue weighted by molar-refractivity contribution is 4.87. The van der Waals surface area contributed by atoms with E-state index in [1.165, 1.54) is 57.9 Å². The van der Waals surface area contributed by atoms with E-state index in [9.17, 15) is 0 Å². The van der Waals surface area contributed by atoms with Crippen LogP contribution >= 0.6 is 0 Å². The summed E-state index contributed by atoms with van der Waals surface area (Å²) in [5.41, 5.74) is 0.509. The van der Waals surface area contributed by atoms with Crippen molar-refractivity contribution in [1.29, 1.82) is 0 Å². The molecule has 1 atom stereocenters. The van der Waals surface area contributed by atoms with Gasteiger partial charge in [0.1, 0.15) is 0 Å². The molecule has 0 radical (unpaired) electrons. The zero-order chi connectivity index (χ0) is 12.7. The molecule has 1 nitrogen and oxygen atoms in total. The third kappa shape index (κ3) is 5.90. The molecule has 0 amide bonds. The van der Waals surface area contributed by atoms with Crippen molar-refractivity contribution in [3.63, 3.8) is 0 Å². The van der Waals surface area contributed by atoms with E-state index in [2.05, 4.69) is 33.0 Å². The van der Waals surface area contributed by atoms with Crippen LogP contribution in [-0.2, 0) is 0 Å². The van der Waals surface area contributed by atoms with Gasteiger partial charge in [-0.3, -0.25) is 0 Å². The maximum atomic E-state index is 3.73. The van der Waals surface area contributed by atoms with E-state index < -0.39 is 0 Å². The molecule has 0 saturated heterocycles. The molecule has 1 fully saturated rings. The van der Waals surface area contributed by atoms with Crippen molar-refractivity contribution in [3.8, 4) is 0 Å². The summed E-state index contributed by atoms with van der Waals surface area (Å²) >= 11 is 0. The molecule has 0 aliphatic heterocycles. The van der Waals surface area contributed by atoms with Crippen LogP contribution in [0.1, 0.15) is 79.1 Å². The lowest BCUT2D eigenvalue weighted by molar-refractivity contribution is 0.184. The van der Waals surface area contributed by atoms with E-state index in [0.717, 1.165) is 12.0 Å². The molecule has 17 heavy (non-hydrogen) atoms.